The molecule has 1 atom stereocenters. The van der Waals surface area contributed by atoms with Crippen molar-refractivity contribution in [3.8, 4) is 5.82 Å². The molecule has 1 N–H and O–H groups in total. The molecule has 1 unspecified atom stereocenters. The highest BCUT2D eigenvalue weighted by Gasteiger charge is 2.21. The lowest BCUT2D eigenvalue weighted by atomic mass is 10.0. The molecule has 6 heteroatoms. The average molecular weight is 399 g/mol. The number of hydrogen-bond donors (Lipinski definition) is 1. The van der Waals surface area contributed by atoms with E-state index in [9.17, 15) is 4.79 Å². The molecule has 0 aliphatic rings. The van der Waals surface area contributed by atoms with Gasteiger partial charge < -0.3 is 9.88 Å². The highest BCUT2D eigenvalue weighted by molar-refractivity contribution is 5.95. The molecule has 4 aromatic rings. The molecule has 0 spiro atoms. The molecule has 0 aliphatic heterocycles. The second-order valence-corrected chi connectivity index (χ2v) is 7.52. The molecule has 2 heterocycles. The van der Waals surface area contributed by atoms with E-state index in [2.05, 4.69) is 65.9 Å². The summed E-state index contributed by atoms with van der Waals surface area (Å²) in [6.45, 7) is 5.22. The first-order valence-electron chi connectivity index (χ1n) is 10.1. The first-order chi connectivity index (χ1) is 14.6. The molecule has 0 bridgehead atoms. The predicted molar refractivity (Wildman–Crippen MR) is 117 cm³/mol. The van der Waals surface area contributed by atoms with Crippen molar-refractivity contribution in [2.24, 2.45) is 0 Å². The molecular formula is C24H25N5O. The lowest BCUT2D eigenvalue weighted by Crippen LogP contribution is -2.29. The van der Waals surface area contributed by atoms with Crippen molar-refractivity contribution in [1.29, 1.82) is 0 Å². The molecule has 0 radical (unpaired) electrons. The van der Waals surface area contributed by atoms with Crippen molar-refractivity contribution in [2.45, 2.75) is 26.3 Å². The summed E-state index contributed by atoms with van der Waals surface area (Å²) in [7, 11) is 0. The van der Waals surface area contributed by atoms with Crippen LogP contribution in [0.4, 0.5) is 0 Å². The SMILES string of the molecule is Cc1ccc(Cn2nnc(C(=O)NCC(C)c3ccccc3)c2-n2cccc2)cc1. The standard InChI is InChI=1S/C24H25N5O/c1-18-10-12-20(13-11-18)17-29-24(28-14-6-7-15-28)22(26-27-29)23(30)25-16-19(2)21-8-4-3-5-9-21/h3-15,19H,16-17H2,1-2H3,(H,25,30). The zero-order chi connectivity index (χ0) is 20.9. The molecule has 0 fully saturated rings. The van der Waals surface area contributed by atoms with Gasteiger partial charge in [-0.1, -0.05) is 72.3 Å². The smallest absolute Gasteiger partial charge is 0.275 e. The van der Waals surface area contributed by atoms with Crippen LogP contribution in [0.15, 0.2) is 79.1 Å². The summed E-state index contributed by atoms with van der Waals surface area (Å²) >= 11 is 0. The molecule has 1 amide bonds. The maximum absolute atomic E-state index is 13.0. The number of aromatic nitrogens is 4. The molecule has 0 saturated carbocycles. The molecule has 4 rings (SSSR count). The number of aryl methyl sites for hydroxylation is 1. The van der Waals surface area contributed by atoms with E-state index in [0.717, 1.165) is 5.56 Å². The number of nitrogens with one attached hydrogen (secondary N) is 1. The minimum absolute atomic E-state index is 0.202. The van der Waals surface area contributed by atoms with Crippen LogP contribution >= 0.6 is 0 Å². The van der Waals surface area contributed by atoms with Crippen molar-refractivity contribution in [3.63, 3.8) is 0 Å². The van der Waals surface area contributed by atoms with Crippen LogP contribution < -0.4 is 5.32 Å². The van der Waals surface area contributed by atoms with E-state index < -0.39 is 0 Å². The largest absolute Gasteiger partial charge is 0.350 e. The average Bonchev–Trinajstić information content (AvgIpc) is 3.44. The maximum Gasteiger partial charge on any atom is 0.275 e. The third-order valence-electron chi connectivity index (χ3n) is 5.16. The normalized spacial score (nSPS) is 11.9. The van der Waals surface area contributed by atoms with Crippen molar-refractivity contribution in [2.75, 3.05) is 6.54 Å². The van der Waals surface area contributed by atoms with Crippen molar-refractivity contribution >= 4 is 5.91 Å². The van der Waals surface area contributed by atoms with Gasteiger partial charge in [0.15, 0.2) is 11.5 Å². The van der Waals surface area contributed by atoms with Gasteiger partial charge in [-0.15, -0.1) is 5.10 Å². The van der Waals surface area contributed by atoms with Gasteiger partial charge in [-0.25, -0.2) is 4.68 Å². The Hall–Kier alpha value is -3.67. The van der Waals surface area contributed by atoms with Crippen LogP contribution in [0.3, 0.4) is 0 Å². The Kier molecular flexibility index (Phi) is 5.75. The van der Waals surface area contributed by atoms with Gasteiger partial charge in [-0.05, 0) is 36.1 Å². The highest BCUT2D eigenvalue weighted by atomic mass is 16.2. The third kappa shape index (κ3) is 4.33. The van der Waals surface area contributed by atoms with Crippen LogP contribution in [0, 0.1) is 6.92 Å². The zero-order valence-electron chi connectivity index (χ0n) is 17.2. The number of nitrogens with zero attached hydrogens (tertiary/aromatic N) is 4. The number of rotatable bonds is 7. The predicted octanol–water partition coefficient (Wildman–Crippen LogP) is 3.96. The Labute approximate surface area is 176 Å². The zero-order valence-corrected chi connectivity index (χ0v) is 17.2. The van der Waals surface area contributed by atoms with Gasteiger partial charge in [-0.2, -0.15) is 0 Å². The van der Waals surface area contributed by atoms with Gasteiger partial charge in [0.2, 0.25) is 0 Å². The summed E-state index contributed by atoms with van der Waals surface area (Å²) in [5, 5.41) is 11.5. The van der Waals surface area contributed by atoms with Crippen LogP contribution in [0.2, 0.25) is 0 Å². The summed E-state index contributed by atoms with van der Waals surface area (Å²) in [6, 6.07) is 22.3. The molecule has 6 nitrogen and oxygen atoms in total. The number of benzene rings is 2. The Morgan fingerprint density at radius 2 is 1.70 bits per heavy atom. The second kappa shape index (κ2) is 8.78. The van der Waals surface area contributed by atoms with Crippen LogP contribution in [0.5, 0.6) is 0 Å². The minimum atomic E-state index is -0.225. The van der Waals surface area contributed by atoms with E-state index in [4.69, 9.17) is 0 Å². The summed E-state index contributed by atoms with van der Waals surface area (Å²) in [5.41, 5.74) is 3.81. The lowest BCUT2D eigenvalue weighted by molar-refractivity contribution is 0.0946. The van der Waals surface area contributed by atoms with Crippen LogP contribution in [-0.4, -0.2) is 32.0 Å². The van der Waals surface area contributed by atoms with Crippen LogP contribution in [-0.2, 0) is 6.54 Å². The third-order valence-corrected chi connectivity index (χ3v) is 5.16. The van der Waals surface area contributed by atoms with E-state index in [1.54, 1.807) is 4.68 Å². The summed E-state index contributed by atoms with van der Waals surface area (Å²) in [4.78, 5) is 13.0. The Balaban J connectivity index is 1.56. The van der Waals surface area contributed by atoms with E-state index in [1.807, 2.05) is 47.3 Å². The fraction of sp³-hybridized carbons (Fsp3) is 0.208. The number of carbonyl (C=O) groups excluding carboxylic acids is 1. The molecule has 30 heavy (non-hydrogen) atoms. The topological polar surface area (TPSA) is 64.7 Å². The van der Waals surface area contributed by atoms with Crippen LogP contribution in [0.1, 0.15) is 40.0 Å². The maximum atomic E-state index is 13.0. The van der Waals surface area contributed by atoms with Gasteiger partial charge in [0.05, 0.1) is 6.54 Å². The Morgan fingerprint density at radius 3 is 2.40 bits per heavy atom. The van der Waals surface area contributed by atoms with Crippen molar-refractivity contribution in [1.82, 2.24) is 24.9 Å². The first-order valence-corrected chi connectivity index (χ1v) is 10.1. The minimum Gasteiger partial charge on any atom is -0.350 e. The quantitative estimate of drug-likeness (QED) is 0.512. The molecule has 2 aromatic carbocycles. The molecule has 2 aromatic heterocycles. The van der Waals surface area contributed by atoms with Crippen LogP contribution in [0.25, 0.3) is 5.82 Å². The number of carbonyl (C=O) groups is 1. The summed E-state index contributed by atoms with van der Waals surface area (Å²) < 4.78 is 3.64. The summed E-state index contributed by atoms with van der Waals surface area (Å²) in [5.74, 6) is 0.634. The van der Waals surface area contributed by atoms with Gasteiger partial charge >= 0.3 is 0 Å². The van der Waals surface area contributed by atoms with Gasteiger partial charge in [-0.3, -0.25) is 4.79 Å². The second-order valence-electron chi connectivity index (χ2n) is 7.52. The van der Waals surface area contributed by atoms with Crippen molar-refractivity contribution < 1.29 is 4.79 Å². The molecular weight excluding hydrogens is 374 g/mol. The van der Waals surface area contributed by atoms with Gasteiger partial charge in [0, 0.05) is 18.9 Å². The number of amides is 1. The van der Waals surface area contributed by atoms with Crippen molar-refractivity contribution in [3.05, 3.63) is 102 Å². The molecule has 152 valence electrons. The molecule has 0 aliphatic carbocycles. The van der Waals surface area contributed by atoms with E-state index in [1.165, 1.54) is 11.1 Å². The van der Waals surface area contributed by atoms with Gasteiger partial charge in [0.25, 0.3) is 5.91 Å². The number of hydrogen-bond acceptors (Lipinski definition) is 3. The monoisotopic (exact) mass is 399 g/mol. The fourth-order valence-corrected chi connectivity index (χ4v) is 3.39. The first kappa shape index (κ1) is 19.6. The van der Waals surface area contributed by atoms with E-state index >= 15 is 0 Å². The van der Waals surface area contributed by atoms with E-state index in [0.29, 0.717) is 24.6 Å². The highest BCUT2D eigenvalue weighted by Crippen LogP contribution is 2.17. The van der Waals surface area contributed by atoms with E-state index in [-0.39, 0.29) is 11.8 Å². The molecule has 0 saturated heterocycles. The lowest BCUT2D eigenvalue weighted by Gasteiger charge is -2.13. The summed E-state index contributed by atoms with van der Waals surface area (Å²) in [6.07, 6.45) is 3.79. The Bertz CT molecular complexity index is 1100. The Morgan fingerprint density at radius 1 is 1.00 bits per heavy atom. The fourth-order valence-electron chi connectivity index (χ4n) is 3.39. The van der Waals surface area contributed by atoms with Gasteiger partial charge in [0.1, 0.15) is 0 Å².